The molecule has 1 aliphatic carbocycles. The highest BCUT2D eigenvalue weighted by Crippen LogP contribution is 2.32. The van der Waals surface area contributed by atoms with E-state index in [9.17, 15) is 4.79 Å². The Morgan fingerprint density at radius 2 is 2.41 bits per heavy atom. The Hall–Kier alpha value is -1.36. The van der Waals surface area contributed by atoms with Crippen LogP contribution in [0.15, 0.2) is 12.3 Å². The minimum Gasteiger partial charge on any atom is -0.325 e. The number of carbonyl (C=O) groups is 1. The van der Waals surface area contributed by atoms with Crippen molar-refractivity contribution in [1.82, 2.24) is 9.78 Å². The van der Waals surface area contributed by atoms with Crippen LogP contribution in [0.1, 0.15) is 32.6 Å². The standard InChI is InChI=1S/C12H20N4O/c1-12(13)7-4-3-5-9(12)11(17)14-10-6-8-16(2)15-10/h6,8-9H,3-5,7,13H2,1-2H3,(H,14,15,17). The van der Waals surface area contributed by atoms with E-state index in [0.29, 0.717) is 5.82 Å². The summed E-state index contributed by atoms with van der Waals surface area (Å²) in [6, 6.07) is 1.79. The molecule has 94 valence electrons. The molecule has 0 aromatic carbocycles. The summed E-state index contributed by atoms with van der Waals surface area (Å²) in [7, 11) is 1.82. The minimum atomic E-state index is -0.392. The molecule has 1 heterocycles. The van der Waals surface area contributed by atoms with Gasteiger partial charge >= 0.3 is 0 Å². The Balaban J connectivity index is 2.04. The number of carbonyl (C=O) groups excluding carboxylic acids is 1. The van der Waals surface area contributed by atoms with Gasteiger partial charge in [0.1, 0.15) is 0 Å². The van der Waals surface area contributed by atoms with Crippen molar-refractivity contribution in [2.75, 3.05) is 5.32 Å². The van der Waals surface area contributed by atoms with Crippen LogP contribution in [0, 0.1) is 5.92 Å². The number of rotatable bonds is 2. The average Bonchev–Trinajstić information content (AvgIpc) is 2.63. The van der Waals surface area contributed by atoms with Crippen molar-refractivity contribution in [3.05, 3.63) is 12.3 Å². The van der Waals surface area contributed by atoms with Gasteiger partial charge in [0.25, 0.3) is 0 Å². The Morgan fingerprint density at radius 1 is 1.65 bits per heavy atom. The molecule has 0 spiro atoms. The molecule has 5 nitrogen and oxygen atoms in total. The summed E-state index contributed by atoms with van der Waals surface area (Å²) in [5.74, 6) is 0.477. The van der Waals surface area contributed by atoms with Crippen LogP contribution >= 0.6 is 0 Å². The molecule has 2 atom stereocenters. The van der Waals surface area contributed by atoms with E-state index in [2.05, 4.69) is 10.4 Å². The van der Waals surface area contributed by atoms with Crippen LogP contribution < -0.4 is 11.1 Å². The molecule has 1 saturated carbocycles. The summed E-state index contributed by atoms with van der Waals surface area (Å²) >= 11 is 0. The first-order valence-corrected chi connectivity index (χ1v) is 6.08. The molecular weight excluding hydrogens is 216 g/mol. The Labute approximate surface area is 101 Å². The SMILES string of the molecule is Cn1ccc(NC(=O)C2CCCCC2(C)N)n1. The van der Waals surface area contributed by atoms with Gasteiger partial charge in [-0.1, -0.05) is 12.8 Å². The zero-order valence-electron chi connectivity index (χ0n) is 10.4. The third kappa shape index (κ3) is 2.66. The van der Waals surface area contributed by atoms with Gasteiger partial charge in [-0.15, -0.1) is 0 Å². The summed E-state index contributed by atoms with van der Waals surface area (Å²) in [4.78, 5) is 12.2. The summed E-state index contributed by atoms with van der Waals surface area (Å²) in [6.07, 6.45) is 5.77. The molecule has 1 aromatic rings. The normalized spacial score (nSPS) is 29.0. The second-order valence-corrected chi connectivity index (χ2v) is 5.17. The fourth-order valence-corrected chi connectivity index (χ4v) is 2.48. The number of amides is 1. The van der Waals surface area contributed by atoms with Gasteiger partial charge in [-0.25, -0.2) is 0 Å². The first-order chi connectivity index (χ1) is 7.99. The number of aromatic nitrogens is 2. The van der Waals surface area contributed by atoms with Gasteiger partial charge in [0.2, 0.25) is 5.91 Å². The lowest BCUT2D eigenvalue weighted by molar-refractivity contribution is -0.122. The van der Waals surface area contributed by atoms with Crippen LogP contribution in [0.25, 0.3) is 0 Å². The Bertz CT molecular complexity index is 410. The van der Waals surface area contributed by atoms with E-state index in [0.717, 1.165) is 25.7 Å². The number of hydrogen-bond acceptors (Lipinski definition) is 3. The first kappa shape index (κ1) is 12.1. The number of anilines is 1. The van der Waals surface area contributed by atoms with Crippen LogP contribution in [0.5, 0.6) is 0 Å². The maximum absolute atomic E-state index is 12.2. The molecule has 1 fully saturated rings. The predicted molar refractivity (Wildman–Crippen MR) is 66.4 cm³/mol. The summed E-state index contributed by atoms with van der Waals surface area (Å²) in [5, 5.41) is 6.97. The lowest BCUT2D eigenvalue weighted by Crippen LogP contribution is -2.51. The van der Waals surface area contributed by atoms with Crippen molar-refractivity contribution in [3.8, 4) is 0 Å². The summed E-state index contributed by atoms with van der Waals surface area (Å²) in [5.41, 5.74) is 5.80. The van der Waals surface area contributed by atoms with Crippen LogP contribution in [-0.4, -0.2) is 21.2 Å². The predicted octanol–water partition coefficient (Wildman–Crippen LogP) is 1.27. The van der Waals surface area contributed by atoms with Crippen LogP contribution in [0.3, 0.4) is 0 Å². The second kappa shape index (κ2) is 4.49. The number of nitrogens with two attached hydrogens (primary N) is 1. The fourth-order valence-electron chi connectivity index (χ4n) is 2.48. The molecular formula is C12H20N4O. The maximum Gasteiger partial charge on any atom is 0.230 e. The van der Waals surface area contributed by atoms with Gasteiger partial charge in [-0.2, -0.15) is 5.10 Å². The molecule has 1 aliphatic rings. The zero-order chi connectivity index (χ0) is 12.5. The van der Waals surface area contributed by atoms with Crippen molar-refractivity contribution in [2.24, 2.45) is 18.7 Å². The van der Waals surface area contributed by atoms with Gasteiger partial charge in [0, 0.05) is 24.8 Å². The molecule has 0 radical (unpaired) electrons. The number of hydrogen-bond donors (Lipinski definition) is 2. The smallest absolute Gasteiger partial charge is 0.230 e. The fraction of sp³-hybridized carbons (Fsp3) is 0.667. The third-order valence-electron chi connectivity index (χ3n) is 3.54. The highest BCUT2D eigenvalue weighted by Gasteiger charge is 2.37. The van der Waals surface area contributed by atoms with Crippen LogP contribution in [0.2, 0.25) is 0 Å². The van der Waals surface area contributed by atoms with Crippen molar-refractivity contribution >= 4 is 11.7 Å². The lowest BCUT2D eigenvalue weighted by atomic mass is 9.74. The first-order valence-electron chi connectivity index (χ1n) is 6.08. The van der Waals surface area contributed by atoms with Crippen molar-refractivity contribution < 1.29 is 4.79 Å². The van der Waals surface area contributed by atoms with Crippen molar-refractivity contribution in [1.29, 1.82) is 0 Å². The summed E-state index contributed by atoms with van der Waals surface area (Å²) < 4.78 is 1.66. The summed E-state index contributed by atoms with van der Waals surface area (Å²) in [6.45, 7) is 1.97. The van der Waals surface area contributed by atoms with E-state index in [1.807, 2.05) is 14.0 Å². The monoisotopic (exact) mass is 236 g/mol. The largest absolute Gasteiger partial charge is 0.325 e. The molecule has 1 amide bonds. The second-order valence-electron chi connectivity index (χ2n) is 5.17. The van der Waals surface area contributed by atoms with Crippen molar-refractivity contribution in [3.63, 3.8) is 0 Å². The van der Waals surface area contributed by atoms with Gasteiger partial charge in [-0.05, 0) is 19.8 Å². The molecule has 0 aliphatic heterocycles. The zero-order valence-corrected chi connectivity index (χ0v) is 10.4. The number of aryl methyl sites for hydroxylation is 1. The quantitative estimate of drug-likeness (QED) is 0.812. The van der Waals surface area contributed by atoms with E-state index in [1.54, 1.807) is 16.9 Å². The van der Waals surface area contributed by atoms with E-state index < -0.39 is 5.54 Å². The van der Waals surface area contributed by atoms with Gasteiger partial charge < -0.3 is 11.1 Å². The Morgan fingerprint density at radius 3 is 3.00 bits per heavy atom. The van der Waals surface area contributed by atoms with Crippen molar-refractivity contribution in [2.45, 2.75) is 38.1 Å². The number of nitrogens with one attached hydrogen (secondary N) is 1. The van der Waals surface area contributed by atoms with Gasteiger partial charge in [0.15, 0.2) is 5.82 Å². The maximum atomic E-state index is 12.2. The van der Waals surface area contributed by atoms with Crippen LogP contribution in [-0.2, 0) is 11.8 Å². The average molecular weight is 236 g/mol. The molecule has 3 N–H and O–H groups in total. The van der Waals surface area contributed by atoms with E-state index >= 15 is 0 Å². The molecule has 5 heteroatoms. The van der Waals surface area contributed by atoms with Gasteiger partial charge in [0.05, 0.1) is 5.92 Å². The minimum absolute atomic E-state index is 0.00611. The molecule has 1 aromatic heterocycles. The molecule has 2 rings (SSSR count). The van der Waals surface area contributed by atoms with E-state index in [4.69, 9.17) is 5.73 Å². The molecule has 17 heavy (non-hydrogen) atoms. The molecule has 2 unspecified atom stereocenters. The highest BCUT2D eigenvalue weighted by molar-refractivity contribution is 5.92. The van der Waals surface area contributed by atoms with Crippen LogP contribution in [0.4, 0.5) is 5.82 Å². The van der Waals surface area contributed by atoms with E-state index in [-0.39, 0.29) is 11.8 Å². The topological polar surface area (TPSA) is 72.9 Å². The lowest BCUT2D eigenvalue weighted by Gasteiger charge is -2.37. The highest BCUT2D eigenvalue weighted by atomic mass is 16.2. The van der Waals surface area contributed by atoms with Gasteiger partial charge in [-0.3, -0.25) is 9.48 Å². The molecule has 0 saturated heterocycles. The number of nitrogens with zero attached hydrogens (tertiary/aromatic N) is 2. The third-order valence-corrected chi connectivity index (χ3v) is 3.54. The Kier molecular flexibility index (Phi) is 3.19. The molecule has 0 bridgehead atoms. The van der Waals surface area contributed by atoms with E-state index in [1.165, 1.54) is 0 Å².